The Hall–Kier alpha value is -1.62. The first-order valence-electron chi connectivity index (χ1n) is 7.60. The van der Waals surface area contributed by atoms with Crippen LogP contribution in [-0.2, 0) is 14.8 Å². The van der Waals surface area contributed by atoms with Crippen LogP contribution in [0.4, 0.5) is 0 Å². The minimum Gasteiger partial charge on any atom is -0.480 e. The summed E-state index contributed by atoms with van der Waals surface area (Å²) in [6.07, 6.45) is 1.21. The number of hydrogen-bond donors (Lipinski definition) is 2. The molecule has 8 nitrogen and oxygen atoms in total. The summed E-state index contributed by atoms with van der Waals surface area (Å²) >= 11 is 0.980. The van der Waals surface area contributed by atoms with Gasteiger partial charge in [-0.25, -0.2) is 13.1 Å². The Morgan fingerprint density at radius 3 is 2.83 bits per heavy atom. The third kappa shape index (κ3) is 3.41. The zero-order valence-corrected chi connectivity index (χ0v) is 14.7. The van der Waals surface area contributed by atoms with Gasteiger partial charge < -0.3 is 5.11 Å². The molecule has 1 saturated carbocycles. The van der Waals surface area contributed by atoms with Crippen molar-refractivity contribution in [2.75, 3.05) is 13.1 Å². The van der Waals surface area contributed by atoms with Gasteiger partial charge in [0, 0.05) is 12.1 Å². The Morgan fingerprint density at radius 2 is 2.17 bits per heavy atom. The van der Waals surface area contributed by atoms with Gasteiger partial charge in [0.25, 0.3) is 0 Å². The molecule has 1 aliphatic carbocycles. The van der Waals surface area contributed by atoms with Crippen LogP contribution in [0.5, 0.6) is 0 Å². The minimum absolute atomic E-state index is 0.0234. The lowest BCUT2D eigenvalue weighted by Crippen LogP contribution is -2.54. The van der Waals surface area contributed by atoms with Gasteiger partial charge in [-0.1, -0.05) is 13.0 Å². The van der Waals surface area contributed by atoms with Crippen LogP contribution in [0, 0.1) is 0 Å². The van der Waals surface area contributed by atoms with Crippen molar-refractivity contribution in [3.63, 3.8) is 0 Å². The molecule has 0 saturated heterocycles. The van der Waals surface area contributed by atoms with Gasteiger partial charge >= 0.3 is 5.97 Å². The van der Waals surface area contributed by atoms with Gasteiger partial charge in [0.2, 0.25) is 10.0 Å². The maximum absolute atomic E-state index is 12.6. The molecule has 1 aromatic carbocycles. The molecule has 1 aromatic heterocycles. The number of aliphatic carboxylic acids is 1. The highest BCUT2D eigenvalue weighted by atomic mass is 32.2. The third-order valence-electron chi connectivity index (χ3n) is 4.23. The SMILES string of the molecule is CCN(CC(=O)O)C1CC(NS(=O)(=O)c2cccc3nsnc23)C1. The summed E-state index contributed by atoms with van der Waals surface area (Å²) in [4.78, 5) is 12.8. The summed E-state index contributed by atoms with van der Waals surface area (Å²) in [6, 6.07) is 4.79. The van der Waals surface area contributed by atoms with E-state index in [4.69, 9.17) is 5.11 Å². The normalized spacial score (nSPS) is 21.1. The molecule has 0 amide bonds. The summed E-state index contributed by atoms with van der Waals surface area (Å²) < 4.78 is 36.0. The number of carbonyl (C=O) groups is 1. The van der Waals surface area contributed by atoms with Gasteiger partial charge in [0.1, 0.15) is 15.9 Å². The molecule has 3 rings (SSSR count). The second-order valence-electron chi connectivity index (χ2n) is 5.79. The monoisotopic (exact) mass is 370 g/mol. The smallest absolute Gasteiger partial charge is 0.317 e. The maximum atomic E-state index is 12.6. The fourth-order valence-corrected chi connectivity index (χ4v) is 4.96. The number of sulfonamides is 1. The average molecular weight is 370 g/mol. The molecule has 0 unspecified atom stereocenters. The van der Waals surface area contributed by atoms with Gasteiger partial charge in [-0.15, -0.1) is 0 Å². The number of fused-ring (bicyclic) bond motifs is 1. The Bertz CT molecular complexity index is 845. The molecular weight excluding hydrogens is 352 g/mol. The highest BCUT2D eigenvalue weighted by Gasteiger charge is 2.36. The predicted octanol–water partition coefficient (Wildman–Crippen LogP) is 0.907. The van der Waals surface area contributed by atoms with Crippen molar-refractivity contribution in [3.8, 4) is 0 Å². The molecule has 0 radical (unpaired) electrons. The van der Waals surface area contributed by atoms with Gasteiger partial charge in [-0.05, 0) is 31.5 Å². The molecule has 1 fully saturated rings. The molecule has 0 aliphatic heterocycles. The summed E-state index contributed by atoms with van der Waals surface area (Å²) in [5.41, 5.74) is 0.944. The highest BCUT2D eigenvalue weighted by Crippen LogP contribution is 2.28. The number of aromatic nitrogens is 2. The lowest BCUT2D eigenvalue weighted by atomic mass is 9.86. The summed E-state index contributed by atoms with van der Waals surface area (Å²) in [6.45, 7) is 2.50. The first-order chi connectivity index (χ1) is 11.4. The fraction of sp³-hybridized carbons (Fsp3) is 0.500. The topological polar surface area (TPSA) is 112 Å². The van der Waals surface area contributed by atoms with E-state index in [1.807, 2.05) is 11.8 Å². The van der Waals surface area contributed by atoms with Gasteiger partial charge in [0.15, 0.2) is 0 Å². The van der Waals surface area contributed by atoms with E-state index in [9.17, 15) is 13.2 Å². The molecule has 1 aliphatic rings. The Kier molecular flexibility index (Phi) is 4.81. The van der Waals surface area contributed by atoms with Crippen molar-refractivity contribution in [2.24, 2.45) is 0 Å². The van der Waals surface area contributed by atoms with E-state index in [0.717, 1.165) is 11.7 Å². The van der Waals surface area contributed by atoms with Crippen molar-refractivity contribution in [1.82, 2.24) is 18.4 Å². The summed E-state index contributed by atoms with van der Waals surface area (Å²) in [7, 11) is -3.68. The second-order valence-corrected chi connectivity index (χ2v) is 8.00. The molecule has 1 heterocycles. The standard InChI is InChI=1S/C14H18N4O4S2/c1-2-18(8-13(19)20)10-6-9(7-10)17-24(21,22)12-5-3-4-11-14(12)16-23-15-11/h3-5,9-10,17H,2,6-8H2,1H3,(H,19,20). The number of nitrogens with one attached hydrogen (secondary N) is 1. The number of benzene rings is 1. The Labute approximate surface area is 143 Å². The zero-order valence-electron chi connectivity index (χ0n) is 13.0. The van der Waals surface area contributed by atoms with Gasteiger partial charge in [-0.3, -0.25) is 9.69 Å². The highest BCUT2D eigenvalue weighted by molar-refractivity contribution is 7.89. The number of nitrogens with zero attached hydrogens (tertiary/aromatic N) is 3. The fourth-order valence-electron chi connectivity index (χ4n) is 2.94. The molecule has 2 aromatic rings. The zero-order chi connectivity index (χ0) is 17.3. The minimum atomic E-state index is -3.68. The van der Waals surface area contributed by atoms with E-state index in [0.29, 0.717) is 30.4 Å². The summed E-state index contributed by atoms with van der Waals surface area (Å²) in [5.74, 6) is -0.872. The molecule has 130 valence electrons. The van der Waals surface area contributed by atoms with Crippen molar-refractivity contribution in [3.05, 3.63) is 18.2 Å². The molecule has 0 bridgehead atoms. The largest absolute Gasteiger partial charge is 0.480 e. The van der Waals surface area contributed by atoms with Crippen LogP contribution >= 0.6 is 11.7 Å². The Balaban J connectivity index is 1.67. The predicted molar refractivity (Wildman–Crippen MR) is 89.4 cm³/mol. The first kappa shape index (κ1) is 17.2. The van der Waals surface area contributed by atoms with E-state index in [-0.39, 0.29) is 23.5 Å². The number of carboxylic acid groups (broad SMARTS) is 1. The van der Waals surface area contributed by atoms with Crippen LogP contribution in [0.25, 0.3) is 11.0 Å². The van der Waals surface area contributed by atoms with Crippen LogP contribution < -0.4 is 4.72 Å². The molecular formula is C14H18N4O4S2. The van der Waals surface area contributed by atoms with Gasteiger partial charge in [0.05, 0.1) is 18.3 Å². The van der Waals surface area contributed by atoms with Crippen LogP contribution in [0.15, 0.2) is 23.1 Å². The number of rotatable bonds is 7. The lowest BCUT2D eigenvalue weighted by Gasteiger charge is -2.42. The molecule has 24 heavy (non-hydrogen) atoms. The number of likely N-dealkylation sites (N-methyl/N-ethyl adjacent to an activating group) is 1. The Morgan fingerprint density at radius 1 is 1.42 bits per heavy atom. The van der Waals surface area contributed by atoms with Crippen LogP contribution in [0.1, 0.15) is 19.8 Å². The molecule has 10 heteroatoms. The van der Waals surface area contributed by atoms with E-state index in [2.05, 4.69) is 13.5 Å². The molecule has 2 N–H and O–H groups in total. The average Bonchev–Trinajstić information content (AvgIpc) is 2.96. The number of hydrogen-bond acceptors (Lipinski definition) is 7. The van der Waals surface area contributed by atoms with Crippen molar-refractivity contribution >= 4 is 38.8 Å². The van der Waals surface area contributed by atoms with E-state index in [1.165, 1.54) is 6.07 Å². The van der Waals surface area contributed by atoms with Crippen LogP contribution in [0.2, 0.25) is 0 Å². The van der Waals surface area contributed by atoms with E-state index >= 15 is 0 Å². The maximum Gasteiger partial charge on any atom is 0.317 e. The molecule has 0 atom stereocenters. The first-order valence-corrected chi connectivity index (χ1v) is 9.81. The second kappa shape index (κ2) is 6.71. The van der Waals surface area contributed by atoms with Crippen molar-refractivity contribution < 1.29 is 18.3 Å². The van der Waals surface area contributed by atoms with E-state index < -0.39 is 16.0 Å². The number of carboxylic acids is 1. The quantitative estimate of drug-likeness (QED) is 0.745. The third-order valence-corrected chi connectivity index (χ3v) is 6.33. The van der Waals surface area contributed by atoms with Crippen LogP contribution in [0.3, 0.4) is 0 Å². The lowest BCUT2D eigenvalue weighted by molar-refractivity contribution is -0.139. The van der Waals surface area contributed by atoms with Gasteiger partial charge in [-0.2, -0.15) is 8.75 Å². The van der Waals surface area contributed by atoms with Crippen molar-refractivity contribution in [1.29, 1.82) is 0 Å². The molecule has 0 spiro atoms. The van der Waals surface area contributed by atoms with Crippen molar-refractivity contribution in [2.45, 2.75) is 36.7 Å². The van der Waals surface area contributed by atoms with E-state index in [1.54, 1.807) is 12.1 Å². The van der Waals surface area contributed by atoms with Crippen LogP contribution in [-0.4, -0.2) is 58.3 Å². The summed E-state index contributed by atoms with van der Waals surface area (Å²) in [5, 5.41) is 8.90.